The Morgan fingerprint density at radius 2 is 1.63 bits per heavy atom. The number of para-hydroxylation sites is 3. The molecule has 0 bridgehead atoms. The van der Waals surface area contributed by atoms with Crippen molar-refractivity contribution in [2.75, 3.05) is 17.2 Å². The molecule has 134 valence electrons. The van der Waals surface area contributed by atoms with Crippen LogP contribution in [0.5, 0.6) is 11.5 Å². The summed E-state index contributed by atoms with van der Waals surface area (Å²) in [4.78, 5) is 12.1. The first-order chi connectivity index (χ1) is 13.2. The van der Waals surface area contributed by atoms with Crippen LogP contribution in [0.15, 0.2) is 78.9 Å². The van der Waals surface area contributed by atoms with Crippen molar-refractivity contribution < 1.29 is 9.53 Å². The molecule has 0 aromatic heterocycles. The van der Waals surface area contributed by atoms with Crippen LogP contribution in [0.1, 0.15) is 12.0 Å². The number of nitrogens with one attached hydrogen (secondary N) is 2. The van der Waals surface area contributed by atoms with Gasteiger partial charge in [0.05, 0.1) is 17.3 Å². The number of hydrogen-bond donors (Lipinski definition) is 2. The molecule has 0 saturated heterocycles. The van der Waals surface area contributed by atoms with Gasteiger partial charge in [-0.25, -0.2) is 0 Å². The molecule has 0 unspecified atom stereocenters. The number of nitriles is 1. The zero-order valence-electron chi connectivity index (χ0n) is 14.7. The van der Waals surface area contributed by atoms with Gasteiger partial charge in [-0.15, -0.1) is 0 Å². The molecule has 2 N–H and O–H groups in total. The van der Waals surface area contributed by atoms with Crippen LogP contribution in [0.2, 0.25) is 0 Å². The average molecular weight is 357 g/mol. The summed E-state index contributed by atoms with van der Waals surface area (Å²) < 4.78 is 5.90. The molecule has 5 heteroatoms. The van der Waals surface area contributed by atoms with Gasteiger partial charge in [-0.2, -0.15) is 5.26 Å². The number of anilines is 2. The normalized spacial score (nSPS) is 9.89. The van der Waals surface area contributed by atoms with E-state index >= 15 is 0 Å². The summed E-state index contributed by atoms with van der Waals surface area (Å²) in [6.07, 6.45) is 0.305. The van der Waals surface area contributed by atoms with Crippen LogP contribution in [0.3, 0.4) is 0 Å². The largest absolute Gasteiger partial charge is 0.455 e. The molecule has 3 aromatic carbocycles. The predicted octanol–water partition coefficient (Wildman–Crippen LogP) is 4.79. The SMILES string of the molecule is N#Cc1ccc(NC(=O)CCNc2ccccc2Oc2ccccc2)cc1. The van der Waals surface area contributed by atoms with Crippen LogP contribution in [0, 0.1) is 11.3 Å². The minimum atomic E-state index is -0.103. The maximum absolute atomic E-state index is 12.1. The zero-order chi connectivity index (χ0) is 18.9. The van der Waals surface area contributed by atoms with Crippen molar-refractivity contribution in [1.29, 1.82) is 5.26 Å². The third-order valence-corrected chi connectivity index (χ3v) is 3.82. The molecule has 0 aliphatic rings. The van der Waals surface area contributed by atoms with E-state index in [1.165, 1.54) is 0 Å². The lowest BCUT2D eigenvalue weighted by atomic mass is 10.2. The van der Waals surface area contributed by atoms with Gasteiger partial charge in [-0.1, -0.05) is 30.3 Å². The number of carbonyl (C=O) groups excluding carboxylic acids is 1. The summed E-state index contributed by atoms with van der Waals surface area (Å²) in [6, 6.07) is 26.0. The van der Waals surface area contributed by atoms with Crippen molar-refractivity contribution in [2.45, 2.75) is 6.42 Å². The lowest BCUT2D eigenvalue weighted by Gasteiger charge is -2.13. The lowest BCUT2D eigenvalue weighted by molar-refractivity contribution is -0.115. The topological polar surface area (TPSA) is 74.2 Å². The molecule has 0 radical (unpaired) electrons. The van der Waals surface area contributed by atoms with Crippen molar-refractivity contribution in [3.05, 3.63) is 84.4 Å². The van der Waals surface area contributed by atoms with E-state index in [0.29, 0.717) is 30.0 Å². The van der Waals surface area contributed by atoms with Gasteiger partial charge >= 0.3 is 0 Å². The second-order valence-corrected chi connectivity index (χ2v) is 5.83. The van der Waals surface area contributed by atoms with Crippen molar-refractivity contribution in [2.24, 2.45) is 0 Å². The van der Waals surface area contributed by atoms with Gasteiger partial charge in [0.15, 0.2) is 5.75 Å². The fourth-order valence-corrected chi connectivity index (χ4v) is 2.48. The summed E-state index contributed by atoms with van der Waals surface area (Å²) in [5, 5.41) is 14.8. The molecule has 0 fully saturated rings. The average Bonchev–Trinajstić information content (AvgIpc) is 2.71. The summed E-state index contributed by atoms with van der Waals surface area (Å²) >= 11 is 0. The first kappa shape index (κ1) is 18.0. The van der Waals surface area contributed by atoms with Gasteiger partial charge in [-0.3, -0.25) is 4.79 Å². The molecule has 0 atom stereocenters. The van der Waals surface area contributed by atoms with Crippen LogP contribution >= 0.6 is 0 Å². The third-order valence-electron chi connectivity index (χ3n) is 3.82. The molecule has 0 heterocycles. The Bertz CT molecular complexity index is 932. The monoisotopic (exact) mass is 357 g/mol. The summed E-state index contributed by atoms with van der Waals surface area (Å²) in [7, 11) is 0. The standard InChI is InChI=1S/C22H19N3O2/c23-16-17-10-12-18(13-11-17)25-22(26)14-15-24-20-8-4-5-9-21(20)27-19-6-2-1-3-7-19/h1-13,24H,14-15H2,(H,25,26). The van der Waals surface area contributed by atoms with Gasteiger partial charge in [-0.05, 0) is 48.5 Å². The van der Waals surface area contributed by atoms with Crippen LogP contribution in [-0.2, 0) is 4.79 Å². The first-order valence-electron chi connectivity index (χ1n) is 8.60. The van der Waals surface area contributed by atoms with Gasteiger partial charge in [0, 0.05) is 18.7 Å². The molecular formula is C22H19N3O2. The highest BCUT2D eigenvalue weighted by Crippen LogP contribution is 2.28. The van der Waals surface area contributed by atoms with Crippen LogP contribution < -0.4 is 15.4 Å². The maximum atomic E-state index is 12.1. The van der Waals surface area contributed by atoms with Gasteiger partial charge in [0.2, 0.25) is 5.91 Å². The second kappa shape index (κ2) is 9.07. The van der Waals surface area contributed by atoms with E-state index in [0.717, 1.165) is 11.4 Å². The van der Waals surface area contributed by atoms with E-state index in [1.807, 2.05) is 60.7 Å². The Hall–Kier alpha value is -3.78. The highest BCUT2D eigenvalue weighted by molar-refractivity contribution is 5.91. The Morgan fingerprint density at radius 3 is 2.37 bits per heavy atom. The molecule has 0 saturated carbocycles. The molecule has 1 amide bonds. The van der Waals surface area contributed by atoms with Crippen molar-refractivity contribution in [3.8, 4) is 17.6 Å². The number of hydrogen-bond acceptors (Lipinski definition) is 4. The number of benzene rings is 3. The second-order valence-electron chi connectivity index (χ2n) is 5.83. The van der Waals surface area contributed by atoms with Crippen molar-refractivity contribution in [1.82, 2.24) is 0 Å². The number of nitrogens with zero attached hydrogens (tertiary/aromatic N) is 1. The number of ether oxygens (including phenoxy) is 1. The maximum Gasteiger partial charge on any atom is 0.226 e. The van der Waals surface area contributed by atoms with E-state index < -0.39 is 0 Å². The number of carbonyl (C=O) groups is 1. The fraction of sp³-hybridized carbons (Fsp3) is 0.0909. The van der Waals surface area contributed by atoms with E-state index in [2.05, 4.69) is 10.6 Å². The zero-order valence-corrected chi connectivity index (χ0v) is 14.7. The van der Waals surface area contributed by atoms with E-state index in [9.17, 15) is 4.79 Å². The third kappa shape index (κ3) is 5.35. The van der Waals surface area contributed by atoms with E-state index in [4.69, 9.17) is 10.00 Å². The molecule has 27 heavy (non-hydrogen) atoms. The summed E-state index contributed by atoms with van der Waals surface area (Å²) in [5.74, 6) is 1.36. The minimum Gasteiger partial charge on any atom is -0.455 e. The number of rotatable bonds is 7. The first-order valence-corrected chi connectivity index (χ1v) is 8.60. The van der Waals surface area contributed by atoms with Crippen LogP contribution in [0.4, 0.5) is 11.4 Å². The molecule has 5 nitrogen and oxygen atoms in total. The molecule has 0 spiro atoms. The van der Waals surface area contributed by atoms with Crippen LogP contribution in [0.25, 0.3) is 0 Å². The summed E-state index contributed by atoms with van der Waals surface area (Å²) in [6.45, 7) is 0.470. The molecule has 0 aliphatic carbocycles. The predicted molar refractivity (Wildman–Crippen MR) is 106 cm³/mol. The van der Waals surface area contributed by atoms with Crippen molar-refractivity contribution >= 4 is 17.3 Å². The Kier molecular flexibility index (Phi) is 6.05. The Morgan fingerprint density at radius 1 is 0.926 bits per heavy atom. The minimum absolute atomic E-state index is 0.103. The van der Waals surface area contributed by atoms with E-state index in [1.54, 1.807) is 24.3 Å². The molecule has 0 aliphatic heterocycles. The molecule has 3 rings (SSSR count). The van der Waals surface area contributed by atoms with E-state index in [-0.39, 0.29) is 5.91 Å². The van der Waals surface area contributed by atoms with Crippen LogP contribution in [-0.4, -0.2) is 12.5 Å². The summed E-state index contributed by atoms with van der Waals surface area (Å²) in [5.41, 5.74) is 2.06. The molecule has 3 aromatic rings. The van der Waals surface area contributed by atoms with Gasteiger partial charge in [0.25, 0.3) is 0 Å². The van der Waals surface area contributed by atoms with Crippen molar-refractivity contribution in [3.63, 3.8) is 0 Å². The van der Waals surface area contributed by atoms with Gasteiger partial charge < -0.3 is 15.4 Å². The highest BCUT2D eigenvalue weighted by atomic mass is 16.5. The lowest BCUT2D eigenvalue weighted by Crippen LogP contribution is -2.16. The molecular weight excluding hydrogens is 338 g/mol. The Labute approximate surface area is 158 Å². The number of amides is 1. The quantitative estimate of drug-likeness (QED) is 0.637. The fourth-order valence-electron chi connectivity index (χ4n) is 2.48. The van der Waals surface area contributed by atoms with Gasteiger partial charge in [0.1, 0.15) is 5.75 Å². The Balaban J connectivity index is 1.52. The smallest absolute Gasteiger partial charge is 0.226 e. The highest BCUT2D eigenvalue weighted by Gasteiger charge is 2.06.